The number of ether oxygens (including phenoxy) is 1. The van der Waals surface area contributed by atoms with Gasteiger partial charge in [0.1, 0.15) is 5.82 Å². The van der Waals surface area contributed by atoms with E-state index in [0.29, 0.717) is 49.3 Å². The first kappa shape index (κ1) is 18.8. The zero-order chi connectivity index (χ0) is 19.5. The Kier molecular flexibility index (Phi) is 5.52. The fraction of sp³-hybridized carbons (Fsp3) is 0.476. The number of aromatic nitrogens is 2. The Hall–Kier alpha value is -2.54. The van der Waals surface area contributed by atoms with Crippen LogP contribution in [-0.4, -0.2) is 60.2 Å². The molecular weight excluding hydrogens is 359 g/mol. The molecular formula is C21H25FN4O2. The van der Waals surface area contributed by atoms with Crippen LogP contribution in [0, 0.1) is 18.7 Å². The summed E-state index contributed by atoms with van der Waals surface area (Å²) in [6.45, 7) is 6.03. The Morgan fingerprint density at radius 3 is 2.68 bits per heavy atom. The van der Waals surface area contributed by atoms with Crippen molar-refractivity contribution in [1.82, 2.24) is 14.9 Å². The first-order valence-corrected chi connectivity index (χ1v) is 9.79. The van der Waals surface area contributed by atoms with Crippen LogP contribution in [0.1, 0.15) is 27.9 Å². The molecule has 1 aromatic heterocycles. The predicted octanol–water partition coefficient (Wildman–Crippen LogP) is 2.47. The Morgan fingerprint density at radius 1 is 1.21 bits per heavy atom. The van der Waals surface area contributed by atoms with E-state index < -0.39 is 0 Å². The van der Waals surface area contributed by atoms with Crippen molar-refractivity contribution in [3.8, 4) is 0 Å². The van der Waals surface area contributed by atoms with Crippen LogP contribution in [0.2, 0.25) is 0 Å². The number of benzene rings is 1. The predicted molar refractivity (Wildman–Crippen MR) is 104 cm³/mol. The molecule has 4 rings (SSSR count). The fourth-order valence-electron chi connectivity index (χ4n) is 3.82. The van der Waals surface area contributed by atoms with Gasteiger partial charge in [-0.15, -0.1) is 0 Å². The van der Waals surface area contributed by atoms with Gasteiger partial charge < -0.3 is 14.5 Å². The van der Waals surface area contributed by atoms with E-state index in [1.807, 2.05) is 17.0 Å². The van der Waals surface area contributed by atoms with E-state index >= 15 is 0 Å². The molecule has 3 heterocycles. The number of anilines is 1. The molecule has 2 aliphatic rings. The van der Waals surface area contributed by atoms with Gasteiger partial charge >= 0.3 is 0 Å². The van der Waals surface area contributed by atoms with E-state index in [0.717, 1.165) is 31.5 Å². The van der Waals surface area contributed by atoms with Crippen LogP contribution in [-0.2, 0) is 11.2 Å². The van der Waals surface area contributed by atoms with Crippen molar-refractivity contribution < 1.29 is 13.9 Å². The summed E-state index contributed by atoms with van der Waals surface area (Å²) in [5, 5.41) is 0. The molecule has 1 amide bonds. The van der Waals surface area contributed by atoms with Crippen LogP contribution in [0.5, 0.6) is 0 Å². The van der Waals surface area contributed by atoms with Crippen molar-refractivity contribution in [1.29, 1.82) is 0 Å². The molecule has 1 aromatic carbocycles. The quantitative estimate of drug-likeness (QED) is 0.811. The van der Waals surface area contributed by atoms with E-state index in [4.69, 9.17) is 4.74 Å². The second-order valence-corrected chi connectivity index (χ2v) is 7.56. The summed E-state index contributed by atoms with van der Waals surface area (Å²) in [4.78, 5) is 25.4. The van der Waals surface area contributed by atoms with E-state index in [9.17, 15) is 9.18 Å². The maximum absolute atomic E-state index is 13.8. The summed E-state index contributed by atoms with van der Waals surface area (Å²) >= 11 is 0. The van der Waals surface area contributed by atoms with Gasteiger partial charge in [-0.25, -0.2) is 14.4 Å². The van der Waals surface area contributed by atoms with Crippen molar-refractivity contribution in [2.75, 3.05) is 44.3 Å². The van der Waals surface area contributed by atoms with Crippen molar-refractivity contribution in [3.63, 3.8) is 0 Å². The van der Waals surface area contributed by atoms with Gasteiger partial charge in [0.15, 0.2) is 0 Å². The molecule has 0 radical (unpaired) electrons. The highest BCUT2D eigenvalue weighted by atomic mass is 19.1. The monoisotopic (exact) mass is 384 g/mol. The largest absolute Gasteiger partial charge is 0.378 e. The first-order chi connectivity index (χ1) is 13.6. The molecule has 0 saturated carbocycles. The van der Waals surface area contributed by atoms with Gasteiger partial charge in [0.05, 0.1) is 18.8 Å². The Balaban J connectivity index is 1.35. The van der Waals surface area contributed by atoms with Gasteiger partial charge in [0.2, 0.25) is 5.95 Å². The Bertz CT molecular complexity index is 837. The molecule has 2 aromatic rings. The van der Waals surface area contributed by atoms with Gasteiger partial charge in [-0.3, -0.25) is 4.79 Å². The number of morpholine rings is 1. The molecule has 2 saturated heterocycles. The topological polar surface area (TPSA) is 58.6 Å². The average molecular weight is 384 g/mol. The molecule has 28 heavy (non-hydrogen) atoms. The lowest BCUT2D eigenvalue weighted by Crippen LogP contribution is -2.37. The molecule has 7 heteroatoms. The third kappa shape index (κ3) is 4.14. The van der Waals surface area contributed by atoms with Crippen LogP contribution < -0.4 is 4.90 Å². The average Bonchev–Trinajstić information content (AvgIpc) is 3.19. The number of hydrogen-bond donors (Lipinski definition) is 0. The SMILES string of the molecule is Cc1ccc(CC2CCN(C(=O)c3cnc(N4CCOCC4)nc3)C2)cc1F. The third-order valence-electron chi connectivity index (χ3n) is 5.51. The van der Waals surface area contributed by atoms with Gasteiger partial charge in [0, 0.05) is 38.6 Å². The normalized spacial score (nSPS) is 19.9. The molecule has 0 aliphatic carbocycles. The van der Waals surface area contributed by atoms with Crippen LogP contribution in [0.4, 0.5) is 10.3 Å². The van der Waals surface area contributed by atoms with E-state index in [1.165, 1.54) is 0 Å². The molecule has 0 N–H and O–H groups in total. The van der Waals surface area contributed by atoms with Crippen LogP contribution in [0.25, 0.3) is 0 Å². The summed E-state index contributed by atoms with van der Waals surface area (Å²) in [5.74, 6) is 0.784. The molecule has 148 valence electrons. The number of rotatable bonds is 4. The molecule has 0 bridgehead atoms. The number of aryl methyl sites for hydroxylation is 1. The minimum Gasteiger partial charge on any atom is -0.378 e. The third-order valence-corrected chi connectivity index (χ3v) is 5.51. The highest BCUT2D eigenvalue weighted by Gasteiger charge is 2.27. The zero-order valence-electron chi connectivity index (χ0n) is 16.1. The maximum Gasteiger partial charge on any atom is 0.257 e. The van der Waals surface area contributed by atoms with Gasteiger partial charge in [-0.2, -0.15) is 0 Å². The van der Waals surface area contributed by atoms with E-state index in [-0.39, 0.29) is 11.7 Å². The number of nitrogens with zero attached hydrogens (tertiary/aromatic N) is 4. The fourth-order valence-corrected chi connectivity index (χ4v) is 3.82. The molecule has 0 spiro atoms. The van der Waals surface area contributed by atoms with Crippen LogP contribution in [0.15, 0.2) is 30.6 Å². The lowest BCUT2D eigenvalue weighted by Gasteiger charge is -2.26. The second kappa shape index (κ2) is 8.22. The summed E-state index contributed by atoms with van der Waals surface area (Å²) < 4.78 is 19.1. The van der Waals surface area contributed by atoms with E-state index in [1.54, 1.807) is 25.4 Å². The zero-order valence-corrected chi connectivity index (χ0v) is 16.1. The van der Waals surface area contributed by atoms with Crippen molar-refractivity contribution in [2.45, 2.75) is 19.8 Å². The summed E-state index contributed by atoms with van der Waals surface area (Å²) in [6.07, 6.45) is 4.94. The minimum absolute atomic E-state index is 0.0360. The highest BCUT2D eigenvalue weighted by molar-refractivity contribution is 5.93. The summed E-state index contributed by atoms with van der Waals surface area (Å²) in [6, 6.07) is 5.40. The van der Waals surface area contributed by atoms with Gasteiger partial charge in [-0.05, 0) is 42.9 Å². The lowest BCUT2D eigenvalue weighted by atomic mass is 9.98. The number of halogens is 1. The van der Waals surface area contributed by atoms with Crippen LogP contribution in [0.3, 0.4) is 0 Å². The maximum atomic E-state index is 13.8. The minimum atomic E-state index is -0.166. The Morgan fingerprint density at radius 2 is 1.96 bits per heavy atom. The number of amides is 1. The summed E-state index contributed by atoms with van der Waals surface area (Å²) in [5.41, 5.74) is 2.16. The smallest absolute Gasteiger partial charge is 0.257 e. The highest BCUT2D eigenvalue weighted by Crippen LogP contribution is 2.23. The molecule has 6 nitrogen and oxygen atoms in total. The van der Waals surface area contributed by atoms with Crippen molar-refractivity contribution >= 4 is 11.9 Å². The molecule has 2 fully saturated rings. The summed E-state index contributed by atoms with van der Waals surface area (Å²) in [7, 11) is 0. The first-order valence-electron chi connectivity index (χ1n) is 9.79. The Labute approximate surface area is 164 Å². The molecule has 1 atom stereocenters. The molecule has 2 aliphatic heterocycles. The second-order valence-electron chi connectivity index (χ2n) is 7.56. The van der Waals surface area contributed by atoms with Gasteiger partial charge in [0.25, 0.3) is 5.91 Å². The molecule has 1 unspecified atom stereocenters. The standard InChI is InChI=1S/C21H25FN4O2/c1-15-2-3-16(11-19(15)22)10-17-4-5-26(14-17)20(27)18-12-23-21(24-13-18)25-6-8-28-9-7-25/h2-3,11-13,17H,4-10,14H2,1H3. The van der Waals surface area contributed by atoms with Crippen molar-refractivity contribution in [2.24, 2.45) is 5.92 Å². The van der Waals surface area contributed by atoms with Crippen molar-refractivity contribution in [3.05, 3.63) is 53.1 Å². The number of likely N-dealkylation sites (tertiary alicyclic amines) is 1. The lowest BCUT2D eigenvalue weighted by molar-refractivity contribution is 0.0786. The van der Waals surface area contributed by atoms with E-state index in [2.05, 4.69) is 14.9 Å². The number of carbonyl (C=O) groups excluding carboxylic acids is 1. The number of carbonyl (C=O) groups is 1. The van der Waals surface area contributed by atoms with Crippen LogP contribution >= 0.6 is 0 Å². The number of hydrogen-bond acceptors (Lipinski definition) is 5. The van der Waals surface area contributed by atoms with Gasteiger partial charge in [-0.1, -0.05) is 12.1 Å².